The van der Waals surface area contributed by atoms with Gasteiger partial charge in [0.2, 0.25) is 0 Å². The molecule has 0 spiro atoms. The van der Waals surface area contributed by atoms with Crippen LogP contribution >= 0.6 is 0 Å². The Morgan fingerprint density at radius 1 is 1.09 bits per heavy atom. The molecule has 9 heteroatoms. The predicted octanol–water partition coefficient (Wildman–Crippen LogP) is 3.93. The zero-order valence-corrected chi connectivity index (χ0v) is 19.8. The van der Waals surface area contributed by atoms with Crippen LogP contribution in [0.1, 0.15) is 41.6 Å². The van der Waals surface area contributed by atoms with Crippen molar-refractivity contribution >= 4 is 22.6 Å². The highest BCUT2D eigenvalue weighted by Crippen LogP contribution is 2.25. The number of nitrogens with one attached hydrogen (secondary N) is 2. The summed E-state index contributed by atoms with van der Waals surface area (Å²) in [7, 11) is 1.47. The topological polar surface area (TPSA) is 113 Å². The van der Waals surface area contributed by atoms with E-state index >= 15 is 0 Å². The minimum absolute atomic E-state index is 0.00621. The molecule has 1 amide bonds. The SMILES string of the molecule is CNC(=O)c1c(F)cnc2c(CCNc3cc(-c4ccc(C(O)C(C)C)nc4)ncn3)cccc12. The molecular formula is C26H27FN6O2. The van der Waals surface area contributed by atoms with Crippen LogP contribution in [-0.2, 0) is 6.42 Å². The molecule has 1 aromatic carbocycles. The van der Waals surface area contributed by atoms with Crippen LogP contribution in [0.25, 0.3) is 22.2 Å². The lowest BCUT2D eigenvalue weighted by Gasteiger charge is -2.14. The first kappa shape index (κ1) is 24.2. The van der Waals surface area contributed by atoms with Crippen LogP contribution in [0.15, 0.2) is 55.1 Å². The molecule has 8 nitrogen and oxygen atoms in total. The van der Waals surface area contributed by atoms with Gasteiger partial charge in [-0.1, -0.05) is 32.0 Å². The van der Waals surface area contributed by atoms with Gasteiger partial charge in [-0.15, -0.1) is 0 Å². The molecule has 35 heavy (non-hydrogen) atoms. The van der Waals surface area contributed by atoms with E-state index in [0.29, 0.717) is 41.1 Å². The molecule has 0 saturated heterocycles. The van der Waals surface area contributed by atoms with E-state index in [1.165, 1.54) is 13.4 Å². The first-order valence-corrected chi connectivity index (χ1v) is 11.4. The van der Waals surface area contributed by atoms with Crippen LogP contribution in [0.3, 0.4) is 0 Å². The molecule has 4 rings (SSSR count). The monoisotopic (exact) mass is 474 g/mol. The summed E-state index contributed by atoms with van der Waals surface area (Å²) in [5, 5.41) is 16.4. The maximum atomic E-state index is 14.3. The number of halogens is 1. The number of fused-ring (bicyclic) bond motifs is 1. The predicted molar refractivity (Wildman–Crippen MR) is 132 cm³/mol. The number of benzene rings is 1. The quantitative estimate of drug-likeness (QED) is 0.355. The molecular weight excluding hydrogens is 447 g/mol. The number of aliphatic hydroxyl groups excluding tert-OH is 1. The van der Waals surface area contributed by atoms with Gasteiger partial charge in [-0.3, -0.25) is 14.8 Å². The number of carbonyl (C=O) groups is 1. The Labute approximate surface area is 202 Å². The van der Waals surface area contributed by atoms with E-state index < -0.39 is 17.8 Å². The van der Waals surface area contributed by atoms with Crippen molar-refractivity contribution in [3.63, 3.8) is 0 Å². The Balaban J connectivity index is 1.48. The van der Waals surface area contributed by atoms with Gasteiger partial charge in [-0.2, -0.15) is 0 Å². The Bertz CT molecular complexity index is 1340. The second kappa shape index (κ2) is 10.5. The van der Waals surface area contributed by atoms with Crippen molar-refractivity contribution in [2.75, 3.05) is 18.9 Å². The summed E-state index contributed by atoms with van der Waals surface area (Å²) in [6, 6.07) is 10.9. The molecule has 0 aliphatic rings. The van der Waals surface area contributed by atoms with Gasteiger partial charge in [-0.05, 0) is 30.0 Å². The van der Waals surface area contributed by atoms with Crippen molar-refractivity contribution in [2.45, 2.75) is 26.4 Å². The molecule has 4 aromatic rings. The third-order valence-electron chi connectivity index (χ3n) is 5.77. The fraction of sp³-hybridized carbons (Fsp3) is 0.269. The van der Waals surface area contributed by atoms with Gasteiger partial charge < -0.3 is 15.7 Å². The summed E-state index contributed by atoms with van der Waals surface area (Å²) in [6.45, 7) is 4.42. The van der Waals surface area contributed by atoms with Crippen LogP contribution in [0.2, 0.25) is 0 Å². The van der Waals surface area contributed by atoms with Crippen molar-refractivity contribution in [2.24, 2.45) is 5.92 Å². The van der Waals surface area contributed by atoms with E-state index in [1.54, 1.807) is 24.4 Å². The third kappa shape index (κ3) is 5.25. The molecule has 0 saturated carbocycles. The van der Waals surface area contributed by atoms with Gasteiger partial charge in [0.1, 0.15) is 12.1 Å². The summed E-state index contributed by atoms with van der Waals surface area (Å²) in [5.74, 6) is -0.414. The van der Waals surface area contributed by atoms with Crippen molar-refractivity contribution < 1.29 is 14.3 Å². The number of amides is 1. The normalized spacial score (nSPS) is 12.1. The fourth-order valence-corrected chi connectivity index (χ4v) is 3.83. The average molecular weight is 475 g/mol. The first-order valence-electron chi connectivity index (χ1n) is 11.4. The van der Waals surface area contributed by atoms with Gasteiger partial charge in [0.25, 0.3) is 5.91 Å². The molecule has 180 valence electrons. The maximum Gasteiger partial charge on any atom is 0.254 e. The Morgan fingerprint density at radius 3 is 2.63 bits per heavy atom. The highest BCUT2D eigenvalue weighted by atomic mass is 19.1. The van der Waals surface area contributed by atoms with Gasteiger partial charge in [-0.25, -0.2) is 14.4 Å². The van der Waals surface area contributed by atoms with E-state index in [-0.39, 0.29) is 11.5 Å². The highest BCUT2D eigenvalue weighted by molar-refractivity contribution is 6.06. The summed E-state index contributed by atoms with van der Waals surface area (Å²) in [5.41, 5.74) is 3.62. The van der Waals surface area contributed by atoms with Crippen LogP contribution in [0.4, 0.5) is 10.2 Å². The van der Waals surface area contributed by atoms with E-state index in [2.05, 4.69) is 30.6 Å². The van der Waals surface area contributed by atoms with Gasteiger partial charge in [0.05, 0.1) is 34.8 Å². The van der Waals surface area contributed by atoms with Crippen LogP contribution in [0, 0.1) is 11.7 Å². The zero-order chi connectivity index (χ0) is 24.9. The van der Waals surface area contributed by atoms with Crippen LogP contribution in [0.5, 0.6) is 0 Å². The van der Waals surface area contributed by atoms with Crippen molar-refractivity contribution in [1.82, 2.24) is 25.3 Å². The molecule has 3 aromatic heterocycles. The summed E-state index contributed by atoms with van der Waals surface area (Å²) in [6.07, 6.45) is 4.23. The second-order valence-electron chi connectivity index (χ2n) is 8.50. The van der Waals surface area contributed by atoms with E-state index in [1.807, 2.05) is 32.0 Å². The minimum atomic E-state index is -0.651. The molecule has 0 aliphatic heterocycles. The number of nitrogens with zero attached hydrogens (tertiary/aromatic N) is 4. The van der Waals surface area contributed by atoms with Crippen molar-refractivity contribution in [3.05, 3.63) is 77.8 Å². The number of carbonyl (C=O) groups excluding carboxylic acids is 1. The first-order chi connectivity index (χ1) is 16.9. The zero-order valence-electron chi connectivity index (χ0n) is 19.8. The van der Waals surface area contributed by atoms with Gasteiger partial charge >= 0.3 is 0 Å². The molecule has 0 bridgehead atoms. The number of pyridine rings is 2. The lowest BCUT2D eigenvalue weighted by molar-refractivity contribution is 0.0960. The fourth-order valence-electron chi connectivity index (χ4n) is 3.83. The number of rotatable bonds is 8. The second-order valence-corrected chi connectivity index (χ2v) is 8.50. The van der Waals surface area contributed by atoms with Crippen LogP contribution < -0.4 is 10.6 Å². The van der Waals surface area contributed by atoms with E-state index in [9.17, 15) is 14.3 Å². The summed E-state index contributed by atoms with van der Waals surface area (Å²) < 4.78 is 14.3. The molecule has 0 radical (unpaired) electrons. The number of aromatic nitrogens is 4. The van der Waals surface area contributed by atoms with E-state index in [0.717, 1.165) is 17.3 Å². The van der Waals surface area contributed by atoms with Crippen molar-refractivity contribution in [1.29, 1.82) is 0 Å². The smallest absolute Gasteiger partial charge is 0.254 e. The third-order valence-corrected chi connectivity index (χ3v) is 5.77. The highest BCUT2D eigenvalue weighted by Gasteiger charge is 2.17. The Hall–Kier alpha value is -3.98. The van der Waals surface area contributed by atoms with Gasteiger partial charge in [0.15, 0.2) is 5.82 Å². The minimum Gasteiger partial charge on any atom is -0.387 e. The van der Waals surface area contributed by atoms with Crippen LogP contribution in [-0.4, -0.2) is 44.5 Å². The average Bonchev–Trinajstić information content (AvgIpc) is 2.88. The summed E-state index contributed by atoms with van der Waals surface area (Å²) >= 11 is 0. The molecule has 1 unspecified atom stereocenters. The maximum absolute atomic E-state index is 14.3. The number of aliphatic hydroxyl groups is 1. The van der Waals surface area contributed by atoms with Crippen molar-refractivity contribution in [3.8, 4) is 11.3 Å². The number of anilines is 1. The molecule has 3 N–H and O–H groups in total. The molecule has 1 atom stereocenters. The lowest BCUT2D eigenvalue weighted by Crippen LogP contribution is -2.20. The molecule has 0 fully saturated rings. The largest absolute Gasteiger partial charge is 0.387 e. The van der Waals surface area contributed by atoms with E-state index in [4.69, 9.17) is 0 Å². The molecule has 3 heterocycles. The van der Waals surface area contributed by atoms with Gasteiger partial charge in [0, 0.05) is 36.8 Å². The Kier molecular flexibility index (Phi) is 7.26. The molecule has 0 aliphatic carbocycles. The lowest BCUT2D eigenvalue weighted by atomic mass is 10.0. The number of hydrogen-bond donors (Lipinski definition) is 3. The number of hydrogen-bond acceptors (Lipinski definition) is 7. The number of para-hydroxylation sites is 1. The Morgan fingerprint density at radius 2 is 1.91 bits per heavy atom. The summed E-state index contributed by atoms with van der Waals surface area (Å²) in [4.78, 5) is 29.4. The standard InChI is InChI=1S/C26H27FN6O2/c1-15(2)25(34)20-8-7-17(12-30-20)21-11-22(33-14-32-21)29-10-9-16-5-4-6-18-23(26(35)28-3)19(27)13-31-24(16)18/h4-8,11-15,25,34H,9-10H2,1-3H3,(H,28,35)(H,29,32,33).